The molecule has 0 saturated heterocycles. The topological polar surface area (TPSA) is 106 Å². The number of amides is 1. The lowest BCUT2D eigenvalue weighted by Crippen LogP contribution is -2.33. The van der Waals surface area contributed by atoms with Gasteiger partial charge in [-0.25, -0.2) is 14.4 Å². The highest BCUT2D eigenvalue weighted by Gasteiger charge is 2.70. The number of nitrogens with two attached hydrogens (primary N) is 1. The summed E-state index contributed by atoms with van der Waals surface area (Å²) in [6, 6.07) is 1.80. The fourth-order valence-corrected chi connectivity index (χ4v) is 3.39. The SMILES string of the molecule is Cc1cnc(C(=CN)c2cc(NC34CC3C4)c(C(=O)NCC(F)C(C)C)cn2)nc1. The Balaban J connectivity index is 1.61. The number of alkyl halides is 1. The van der Waals surface area contributed by atoms with Crippen LogP contribution in [0.1, 0.15) is 54.1 Å². The quantitative estimate of drug-likeness (QED) is 0.618. The standard InChI is InChI=1S/C22H27FN6O/c1-12(2)17(23)11-28-21(30)16-10-25-18(4-19(16)29-22-5-14(22)6-22)15(7-24)20-26-8-13(3)9-27-20/h4,7-10,12,14,17H,5-6,11,24H2,1-3H3,(H,25,29)(H,28,30). The molecule has 1 atom stereocenters. The molecular formula is C22H27FN6O. The lowest BCUT2D eigenvalue weighted by Gasteiger charge is -2.17. The van der Waals surface area contributed by atoms with Crippen molar-refractivity contribution in [3.63, 3.8) is 0 Å². The van der Waals surface area contributed by atoms with E-state index in [2.05, 4.69) is 25.6 Å². The van der Waals surface area contributed by atoms with Gasteiger partial charge in [-0.05, 0) is 43.2 Å². The number of carbonyl (C=O) groups is 1. The second kappa shape index (κ2) is 7.66. The van der Waals surface area contributed by atoms with Crippen molar-refractivity contribution in [2.24, 2.45) is 17.6 Å². The van der Waals surface area contributed by atoms with E-state index in [1.165, 1.54) is 12.4 Å². The van der Waals surface area contributed by atoms with E-state index in [0.29, 0.717) is 34.3 Å². The van der Waals surface area contributed by atoms with Crippen LogP contribution in [0.25, 0.3) is 5.57 Å². The van der Waals surface area contributed by atoms with Crippen LogP contribution in [0.4, 0.5) is 10.1 Å². The van der Waals surface area contributed by atoms with Crippen molar-refractivity contribution in [2.75, 3.05) is 11.9 Å². The Morgan fingerprint density at radius 1 is 1.30 bits per heavy atom. The van der Waals surface area contributed by atoms with Gasteiger partial charge in [-0.2, -0.15) is 0 Å². The van der Waals surface area contributed by atoms with Gasteiger partial charge in [0.05, 0.1) is 22.5 Å². The van der Waals surface area contributed by atoms with Crippen LogP contribution in [0, 0.1) is 18.8 Å². The van der Waals surface area contributed by atoms with E-state index in [0.717, 1.165) is 18.4 Å². The predicted octanol–water partition coefficient (Wildman–Crippen LogP) is 2.83. The highest BCUT2D eigenvalue weighted by atomic mass is 19.1. The van der Waals surface area contributed by atoms with Gasteiger partial charge in [0.15, 0.2) is 5.82 Å². The monoisotopic (exact) mass is 410 g/mol. The van der Waals surface area contributed by atoms with Crippen molar-refractivity contribution in [1.82, 2.24) is 20.3 Å². The Hall–Kier alpha value is -3.03. The van der Waals surface area contributed by atoms with Crippen molar-refractivity contribution in [1.29, 1.82) is 0 Å². The highest BCUT2D eigenvalue weighted by molar-refractivity contribution is 6.00. The van der Waals surface area contributed by atoms with Crippen molar-refractivity contribution in [3.8, 4) is 0 Å². The summed E-state index contributed by atoms with van der Waals surface area (Å²) in [5.41, 5.74) is 9.11. The Bertz CT molecular complexity index is 982. The highest BCUT2D eigenvalue weighted by Crippen LogP contribution is 2.68. The van der Waals surface area contributed by atoms with Crippen molar-refractivity contribution in [3.05, 3.63) is 53.5 Å². The number of pyridine rings is 1. The van der Waals surface area contributed by atoms with Crippen LogP contribution in [0.5, 0.6) is 0 Å². The third kappa shape index (κ3) is 3.99. The third-order valence-electron chi connectivity index (χ3n) is 5.86. The van der Waals surface area contributed by atoms with Gasteiger partial charge in [0.25, 0.3) is 5.91 Å². The zero-order chi connectivity index (χ0) is 21.5. The molecule has 2 saturated carbocycles. The largest absolute Gasteiger partial charge is 0.404 e. The maximum Gasteiger partial charge on any atom is 0.255 e. The molecule has 8 heteroatoms. The van der Waals surface area contributed by atoms with Crippen LogP contribution in [-0.2, 0) is 0 Å². The molecule has 4 N–H and O–H groups in total. The number of nitrogens with one attached hydrogen (secondary N) is 2. The van der Waals surface area contributed by atoms with E-state index in [4.69, 9.17) is 5.73 Å². The first-order chi connectivity index (χ1) is 14.3. The smallest absolute Gasteiger partial charge is 0.255 e. The Morgan fingerprint density at radius 3 is 2.53 bits per heavy atom. The second-order valence-electron chi connectivity index (χ2n) is 8.64. The molecule has 0 spiro atoms. The van der Waals surface area contributed by atoms with Crippen molar-refractivity contribution < 1.29 is 9.18 Å². The van der Waals surface area contributed by atoms with Gasteiger partial charge in [0, 0.05) is 36.9 Å². The van der Waals surface area contributed by atoms with Crippen LogP contribution in [0.15, 0.2) is 30.9 Å². The Kier molecular flexibility index (Phi) is 5.17. The number of aryl methyl sites for hydroxylation is 1. The van der Waals surface area contributed by atoms with Gasteiger partial charge in [-0.15, -0.1) is 0 Å². The molecule has 2 aliphatic carbocycles. The molecule has 0 aromatic carbocycles. The third-order valence-corrected chi connectivity index (χ3v) is 5.86. The number of anilines is 1. The summed E-state index contributed by atoms with van der Waals surface area (Å²) in [5, 5.41) is 6.19. The minimum atomic E-state index is -1.10. The van der Waals surface area contributed by atoms with E-state index in [-0.39, 0.29) is 23.9 Å². The second-order valence-corrected chi connectivity index (χ2v) is 8.64. The summed E-state index contributed by atoms with van der Waals surface area (Å²) < 4.78 is 13.9. The van der Waals surface area contributed by atoms with Crippen molar-refractivity contribution >= 4 is 17.2 Å². The number of hydrogen-bond acceptors (Lipinski definition) is 6. The Morgan fingerprint density at radius 2 is 1.97 bits per heavy atom. The molecule has 1 amide bonds. The minimum Gasteiger partial charge on any atom is -0.404 e. The van der Waals surface area contributed by atoms with E-state index >= 15 is 0 Å². The number of fused-ring (bicyclic) bond motifs is 1. The number of hydrogen-bond donors (Lipinski definition) is 3. The summed E-state index contributed by atoms with van der Waals surface area (Å²) in [6.07, 6.45) is 7.46. The zero-order valence-electron chi connectivity index (χ0n) is 17.4. The number of aromatic nitrogens is 3. The molecule has 2 aromatic rings. The van der Waals surface area contributed by atoms with Gasteiger partial charge < -0.3 is 16.4 Å². The molecule has 2 fully saturated rings. The average molecular weight is 410 g/mol. The molecule has 4 rings (SSSR count). The van der Waals surface area contributed by atoms with E-state index in [9.17, 15) is 9.18 Å². The first-order valence-corrected chi connectivity index (χ1v) is 10.2. The first-order valence-electron chi connectivity index (χ1n) is 10.2. The molecule has 158 valence electrons. The maximum absolute atomic E-state index is 13.9. The lowest BCUT2D eigenvalue weighted by atomic mass is 10.1. The van der Waals surface area contributed by atoms with Crippen LogP contribution in [-0.4, -0.2) is 39.1 Å². The van der Waals surface area contributed by atoms with Crippen LogP contribution < -0.4 is 16.4 Å². The molecule has 0 radical (unpaired) electrons. The van der Waals surface area contributed by atoms with Gasteiger partial charge in [-0.1, -0.05) is 13.8 Å². The van der Waals surface area contributed by atoms with Gasteiger partial charge in [-0.3, -0.25) is 9.78 Å². The van der Waals surface area contributed by atoms with Crippen LogP contribution >= 0.6 is 0 Å². The molecule has 7 nitrogen and oxygen atoms in total. The van der Waals surface area contributed by atoms with Crippen LogP contribution in [0.2, 0.25) is 0 Å². The summed E-state index contributed by atoms with van der Waals surface area (Å²) in [6.45, 7) is 5.45. The van der Waals surface area contributed by atoms with Crippen LogP contribution in [0.3, 0.4) is 0 Å². The lowest BCUT2D eigenvalue weighted by molar-refractivity contribution is 0.0935. The number of nitrogens with zero attached hydrogens (tertiary/aromatic N) is 3. The molecular weight excluding hydrogens is 383 g/mol. The first kappa shape index (κ1) is 20.3. The van der Waals surface area contributed by atoms with Gasteiger partial charge in [0.2, 0.25) is 0 Å². The molecule has 30 heavy (non-hydrogen) atoms. The molecule has 0 bridgehead atoms. The number of carbonyl (C=O) groups excluding carboxylic acids is 1. The summed E-state index contributed by atoms with van der Waals surface area (Å²) in [7, 11) is 0. The number of halogens is 1. The fourth-order valence-electron chi connectivity index (χ4n) is 3.39. The van der Waals surface area contributed by atoms with E-state index < -0.39 is 6.17 Å². The summed E-state index contributed by atoms with van der Waals surface area (Å²) >= 11 is 0. The van der Waals surface area contributed by atoms with Gasteiger partial charge in [0.1, 0.15) is 6.17 Å². The summed E-state index contributed by atoms with van der Waals surface area (Å²) in [5.74, 6) is 0.627. The van der Waals surface area contributed by atoms with E-state index in [1.54, 1.807) is 32.3 Å². The molecule has 0 aliphatic heterocycles. The number of rotatable bonds is 8. The van der Waals surface area contributed by atoms with E-state index in [1.807, 2.05) is 6.92 Å². The average Bonchev–Trinajstić information content (AvgIpc) is 3.58. The maximum atomic E-state index is 13.9. The molecule has 2 heterocycles. The predicted molar refractivity (Wildman–Crippen MR) is 113 cm³/mol. The normalized spacial score (nSPS) is 23.0. The molecule has 2 aromatic heterocycles. The zero-order valence-corrected chi connectivity index (χ0v) is 17.4. The van der Waals surface area contributed by atoms with Gasteiger partial charge >= 0.3 is 0 Å². The molecule has 2 aliphatic rings. The molecule has 1 unspecified atom stereocenters. The Labute approximate surface area is 175 Å². The summed E-state index contributed by atoms with van der Waals surface area (Å²) in [4.78, 5) is 25.8. The minimum absolute atomic E-state index is 0.0311. The van der Waals surface area contributed by atoms with Crippen molar-refractivity contribution in [2.45, 2.75) is 45.3 Å². The fraction of sp³-hybridized carbons (Fsp3) is 0.455.